The highest BCUT2D eigenvalue weighted by atomic mass is 32.2. The second-order valence-corrected chi connectivity index (χ2v) is 7.29. The molecule has 5 rings (SSSR count). The van der Waals surface area contributed by atoms with Gasteiger partial charge in [-0.3, -0.25) is 9.78 Å². The predicted molar refractivity (Wildman–Crippen MR) is 106 cm³/mol. The Hall–Kier alpha value is -3.19. The molecule has 0 saturated carbocycles. The molecule has 1 aliphatic heterocycles. The number of para-hydroxylation sites is 2. The summed E-state index contributed by atoms with van der Waals surface area (Å²) in [7, 11) is 0. The molecule has 0 saturated heterocycles. The van der Waals surface area contributed by atoms with Gasteiger partial charge in [-0.05, 0) is 24.3 Å². The summed E-state index contributed by atoms with van der Waals surface area (Å²) in [6.07, 6.45) is 3.56. The number of hydrogen-bond acceptors (Lipinski definition) is 5. The lowest BCUT2D eigenvalue weighted by atomic mass is 10.1. The Bertz CT molecular complexity index is 1150. The molecule has 0 radical (unpaired) electrons. The van der Waals surface area contributed by atoms with E-state index in [9.17, 15) is 4.79 Å². The van der Waals surface area contributed by atoms with Crippen LogP contribution < -0.4 is 5.32 Å². The van der Waals surface area contributed by atoms with Crippen molar-refractivity contribution in [1.29, 1.82) is 0 Å². The molecular weight excluding hydrogens is 358 g/mol. The summed E-state index contributed by atoms with van der Waals surface area (Å²) in [5, 5.41) is 3.95. The van der Waals surface area contributed by atoms with Gasteiger partial charge in [-0.25, -0.2) is 9.97 Å². The van der Waals surface area contributed by atoms with Crippen LogP contribution in [-0.4, -0.2) is 31.2 Å². The molecule has 0 unspecified atom stereocenters. The van der Waals surface area contributed by atoms with Gasteiger partial charge in [0.2, 0.25) is 0 Å². The fourth-order valence-corrected chi connectivity index (χ4v) is 4.01. The number of amides is 1. The summed E-state index contributed by atoms with van der Waals surface area (Å²) < 4.78 is 2.16. The van der Waals surface area contributed by atoms with Crippen LogP contribution in [-0.2, 0) is 6.54 Å². The molecule has 0 spiro atoms. The molecule has 4 aromatic rings. The number of nitrogens with one attached hydrogen (secondary N) is 1. The van der Waals surface area contributed by atoms with Gasteiger partial charge in [0.15, 0.2) is 5.16 Å². The van der Waals surface area contributed by atoms with E-state index in [4.69, 9.17) is 0 Å². The number of carbonyl (C=O) groups is 1. The molecule has 0 bridgehead atoms. The van der Waals surface area contributed by atoms with Gasteiger partial charge in [0, 0.05) is 29.7 Å². The fourth-order valence-electron chi connectivity index (χ4n) is 3.07. The second kappa shape index (κ2) is 6.51. The van der Waals surface area contributed by atoms with Crippen LogP contribution in [0.1, 0.15) is 10.5 Å². The number of thioether (sulfide) groups is 1. The number of aryl methyl sites for hydroxylation is 1. The predicted octanol–water partition coefficient (Wildman–Crippen LogP) is 3.85. The van der Waals surface area contributed by atoms with Crippen molar-refractivity contribution < 1.29 is 4.79 Å². The van der Waals surface area contributed by atoms with Gasteiger partial charge in [0.25, 0.3) is 5.91 Å². The first-order chi connectivity index (χ1) is 13.3. The molecule has 1 aliphatic rings. The largest absolute Gasteiger partial charge is 0.325 e. The normalized spacial score (nSPS) is 12.9. The third-order valence-corrected chi connectivity index (χ3v) is 5.37. The van der Waals surface area contributed by atoms with E-state index >= 15 is 0 Å². The zero-order valence-corrected chi connectivity index (χ0v) is 15.1. The van der Waals surface area contributed by atoms with Crippen LogP contribution in [0.3, 0.4) is 0 Å². The highest BCUT2D eigenvalue weighted by Gasteiger charge is 2.16. The number of rotatable bonds is 3. The van der Waals surface area contributed by atoms with Crippen molar-refractivity contribution in [2.75, 3.05) is 11.1 Å². The summed E-state index contributed by atoms with van der Waals surface area (Å²) in [6, 6.07) is 15.2. The van der Waals surface area contributed by atoms with Crippen LogP contribution in [0.5, 0.6) is 0 Å². The maximum absolute atomic E-state index is 12.6. The van der Waals surface area contributed by atoms with Gasteiger partial charge < -0.3 is 9.88 Å². The summed E-state index contributed by atoms with van der Waals surface area (Å²) in [4.78, 5) is 25.9. The Morgan fingerprint density at radius 3 is 2.85 bits per heavy atom. The minimum Gasteiger partial charge on any atom is -0.325 e. The van der Waals surface area contributed by atoms with Crippen molar-refractivity contribution in [2.45, 2.75) is 11.7 Å². The number of aromatic nitrogens is 4. The van der Waals surface area contributed by atoms with Crippen LogP contribution in [0.4, 0.5) is 5.69 Å². The van der Waals surface area contributed by atoms with E-state index in [0.29, 0.717) is 11.2 Å². The van der Waals surface area contributed by atoms with Crippen LogP contribution in [0, 0.1) is 0 Å². The third-order valence-electron chi connectivity index (χ3n) is 4.40. The van der Waals surface area contributed by atoms with E-state index in [-0.39, 0.29) is 11.6 Å². The average molecular weight is 373 g/mol. The molecule has 6 nitrogen and oxygen atoms in total. The monoisotopic (exact) mass is 373 g/mol. The Morgan fingerprint density at radius 2 is 1.96 bits per heavy atom. The Morgan fingerprint density at radius 1 is 1.07 bits per heavy atom. The van der Waals surface area contributed by atoms with Crippen LogP contribution in [0.25, 0.3) is 22.3 Å². The van der Waals surface area contributed by atoms with E-state index in [1.54, 1.807) is 11.8 Å². The number of anilines is 1. The molecule has 1 amide bonds. The molecule has 0 fully saturated rings. The van der Waals surface area contributed by atoms with Crippen LogP contribution in [0.15, 0.2) is 66.1 Å². The maximum Gasteiger partial charge on any atom is 0.275 e. The zero-order chi connectivity index (χ0) is 18.2. The minimum atomic E-state index is -0.284. The number of carbonyl (C=O) groups excluding carboxylic acids is 1. The van der Waals surface area contributed by atoms with E-state index in [2.05, 4.69) is 31.0 Å². The molecule has 3 heterocycles. The molecule has 1 N–H and O–H groups in total. The molecule has 7 heteroatoms. The Kier molecular flexibility index (Phi) is 3.86. The van der Waals surface area contributed by atoms with Gasteiger partial charge in [-0.2, -0.15) is 0 Å². The molecule has 132 valence electrons. The zero-order valence-electron chi connectivity index (χ0n) is 14.3. The average Bonchev–Trinajstić information content (AvgIpc) is 3.30. The van der Waals surface area contributed by atoms with Crippen molar-refractivity contribution in [2.24, 2.45) is 0 Å². The quantitative estimate of drug-likeness (QED) is 0.590. The van der Waals surface area contributed by atoms with Crippen LogP contribution >= 0.6 is 11.8 Å². The molecular formula is C20H15N5OS. The van der Waals surface area contributed by atoms with Crippen molar-refractivity contribution in [3.05, 3.63) is 66.6 Å². The number of fused-ring (bicyclic) bond motifs is 2. The first-order valence-electron chi connectivity index (χ1n) is 8.60. The number of imidazole rings is 1. The standard InChI is InChI=1S/C20H15N5OS/c26-19(17-11-21-15-6-1-2-7-16(15)23-17)22-14-5-3-4-13(10-14)18-12-25-8-9-27-20(25)24-18/h1-7,10-12H,8-9H2,(H,22,26). The molecule has 0 atom stereocenters. The van der Waals surface area contributed by atoms with E-state index < -0.39 is 0 Å². The molecule has 0 aliphatic carbocycles. The van der Waals surface area contributed by atoms with Crippen molar-refractivity contribution in [3.63, 3.8) is 0 Å². The summed E-state index contributed by atoms with van der Waals surface area (Å²) in [6.45, 7) is 0.990. The first kappa shape index (κ1) is 16.0. The van der Waals surface area contributed by atoms with Crippen molar-refractivity contribution in [3.8, 4) is 11.3 Å². The van der Waals surface area contributed by atoms with E-state index in [0.717, 1.165) is 34.2 Å². The third kappa shape index (κ3) is 3.06. The van der Waals surface area contributed by atoms with Gasteiger partial charge in [0.1, 0.15) is 5.69 Å². The van der Waals surface area contributed by atoms with Crippen molar-refractivity contribution in [1.82, 2.24) is 19.5 Å². The van der Waals surface area contributed by atoms with Gasteiger partial charge in [-0.15, -0.1) is 0 Å². The SMILES string of the molecule is O=C(Nc1cccc(-c2cn3c(n2)SCC3)c1)c1cnc2ccccc2n1. The van der Waals surface area contributed by atoms with Gasteiger partial charge >= 0.3 is 0 Å². The number of hydrogen-bond donors (Lipinski definition) is 1. The summed E-state index contributed by atoms with van der Waals surface area (Å²) in [5.74, 6) is 0.791. The molecule has 27 heavy (non-hydrogen) atoms. The number of nitrogens with zero attached hydrogens (tertiary/aromatic N) is 4. The second-order valence-electron chi connectivity index (χ2n) is 6.23. The van der Waals surface area contributed by atoms with Crippen molar-refractivity contribution >= 4 is 34.4 Å². The Labute approximate surface area is 159 Å². The Balaban J connectivity index is 1.40. The highest BCUT2D eigenvalue weighted by molar-refractivity contribution is 7.99. The van der Waals surface area contributed by atoms with E-state index in [1.165, 1.54) is 6.20 Å². The minimum absolute atomic E-state index is 0.284. The number of benzene rings is 2. The molecule has 2 aromatic carbocycles. The first-order valence-corrected chi connectivity index (χ1v) is 9.58. The topological polar surface area (TPSA) is 72.7 Å². The lowest BCUT2D eigenvalue weighted by Crippen LogP contribution is -2.14. The van der Waals surface area contributed by atoms with Crippen LogP contribution in [0.2, 0.25) is 0 Å². The lowest BCUT2D eigenvalue weighted by Gasteiger charge is -2.07. The van der Waals surface area contributed by atoms with Gasteiger partial charge in [-0.1, -0.05) is 36.0 Å². The van der Waals surface area contributed by atoms with E-state index in [1.807, 2.05) is 48.5 Å². The smallest absolute Gasteiger partial charge is 0.275 e. The fraction of sp³-hybridized carbons (Fsp3) is 0.100. The summed E-state index contributed by atoms with van der Waals surface area (Å²) >= 11 is 1.76. The summed E-state index contributed by atoms with van der Waals surface area (Å²) in [5.41, 5.74) is 4.34. The maximum atomic E-state index is 12.6. The molecule has 2 aromatic heterocycles. The van der Waals surface area contributed by atoms with Gasteiger partial charge in [0.05, 0.1) is 22.9 Å². The highest BCUT2D eigenvalue weighted by Crippen LogP contribution is 2.29. The lowest BCUT2D eigenvalue weighted by molar-refractivity contribution is 0.102.